The van der Waals surface area contributed by atoms with Crippen molar-refractivity contribution in [2.24, 2.45) is 11.8 Å². The van der Waals surface area contributed by atoms with Gasteiger partial charge >= 0.3 is 6.18 Å². The van der Waals surface area contributed by atoms with Crippen LogP contribution >= 0.6 is 0 Å². The molecule has 1 N–H and O–H groups in total. The van der Waals surface area contributed by atoms with Crippen molar-refractivity contribution in [2.45, 2.75) is 125 Å². The first-order valence-electron chi connectivity index (χ1n) is 16.9. The summed E-state index contributed by atoms with van der Waals surface area (Å²) < 4.78 is 39.8. The maximum Gasteiger partial charge on any atom is 0.416 e. The Morgan fingerprint density at radius 3 is 2.27 bits per heavy atom. The molecule has 44 heavy (non-hydrogen) atoms. The average molecular weight is 609 g/mol. The predicted octanol–water partition coefficient (Wildman–Crippen LogP) is 11.9. The Bertz CT molecular complexity index is 1440. The molecule has 2 aliphatic rings. The first kappa shape index (κ1) is 35.5. The third kappa shape index (κ3) is 9.28. The summed E-state index contributed by atoms with van der Waals surface area (Å²) in [6.45, 7) is 18.6. The lowest BCUT2D eigenvalue weighted by molar-refractivity contribution is -0.137. The van der Waals surface area contributed by atoms with Gasteiger partial charge in [-0.2, -0.15) is 13.2 Å². The third-order valence-electron chi connectivity index (χ3n) is 8.67. The minimum atomic E-state index is -4.21. The molecule has 3 heterocycles. The lowest BCUT2D eigenvalue weighted by Gasteiger charge is -2.17. The summed E-state index contributed by atoms with van der Waals surface area (Å²) in [6, 6.07) is 13.0. The second-order valence-electron chi connectivity index (χ2n) is 13.0. The number of nitrogens with zero attached hydrogens (tertiary/aromatic N) is 1. The zero-order valence-electron chi connectivity index (χ0n) is 28.4. The van der Waals surface area contributed by atoms with E-state index in [4.69, 9.17) is 0 Å². The molecule has 2 aromatic carbocycles. The van der Waals surface area contributed by atoms with Gasteiger partial charge in [0, 0.05) is 35.5 Å². The normalized spacial score (nSPS) is 15.5. The summed E-state index contributed by atoms with van der Waals surface area (Å²) >= 11 is 0. The molecule has 0 radical (unpaired) electrons. The summed E-state index contributed by atoms with van der Waals surface area (Å²) in [5, 5.41) is 1.39. The molecule has 1 aliphatic carbocycles. The minimum absolute atomic E-state index is 0.460. The maximum absolute atomic E-state index is 12.4. The van der Waals surface area contributed by atoms with Gasteiger partial charge in [-0.3, -0.25) is 0 Å². The Kier molecular flexibility index (Phi) is 13.2. The lowest BCUT2D eigenvalue weighted by atomic mass is 9.97. The Hall–Kier alpha value is -2.95. The summed E-state index contributed by atoms with van der Waals surface area (Å²) in [6.07, 6.45) is 9.46. The molecule has 0 fully saturated rings. The number of halogens is 3. The number of aromatic amines is 1. The molecule has 0 amide bonds. The number of H-pyrrole nitrogens is 1. The minimum Gasteiger partial charge on any atom is -0.361 e. The van der Waals surface area contributed by atoms with Crippen molar-refractivity contribution in [3.05, 3.63) is 93.9 Å². The highest BCUT2D eigenvalue weighted by atomic mass is 19.4. The van der Waals surface area contributed by atoms with Crippen molar-refractivity contribution < 1.29 is 13.2 Å². The number of benzene rings is 2. The van der Waals surface area contributed by atoms with E-state index in [1.807, 2.05) is 13.8 Å². The highest BCUT2D eigenvalue weighted by molar-refractivity contribution is 5.85. The topological polar surface area (TPSA) is 20.7 Å². The standard InChI is InChI=1S/C13H17N.C12H13F3.C12H19N.C2H6/c1-9(2)7-11-8-14-13-10(3)5-4-6-12(11)13;1-2-8-3-4-9-7-10(12(13,14)15)5-6-11(8)9;1-10(2)9-11-6-8-13-7-4-3-5-12(11)13;1-2/h4-6,8-9,14H,7H2,1-3H3;5-8H,2-4H2,1H3;6,8,10H,3-5,7,9H2,1-2H3;1-2H3. The Morgan fingerprint density at radius 1 is 0.909 bits per heavy atom. The van der Waals surface area contributed by atoms with Gasteiger partial charge in [0.15, 0.2) is 0 Å². The molecule has 0 saturated carbocycles. The van der Waals surface area contributed by atoms with Crippen LogP contribution in [0, 0.1) is 18.8 Å². The van der Waals surface area contributed by atoms with Gasteiger partial charge in [0.05, 0.1) is 5.56 Å². The van der Waals surface area contributed by atoms with Gasteiger partial charge in [0.1, 0.15) is 0 Å². The molecule has 4 aromatic rings. The summed E-state index contributed by atoms with van der Waals surface area (Å²) in [5.74, 6) is 1.96. The molecule has 0 bridgehead atoms. The number of para-hydroxylation sites is 1. The zero-order valence-corrected chi connectivity index (χ0v) is 28.4. The number of alkyl halides is 3. The van der Waals surface area contributed by atoms with E-state index >= 15 is 0 Å². The summed E-state index contributed by atoms with van der Waals surface area (Å²) in [5.41, 5.74) is 8.76. The SMILES string of the molecule is CC.CC(C)Cc1ccn2c1CCCC2.CCC1CCc2cc(C(F)(F)F)ccc21.Cc1cccc2c(CC(C)C)c[nH]c12. The van der Waals surface area contributed by atoms with Gasteiger partial charge in [-0.05, 0) is 122 Å². The molecule has 1 atom stereocenters. The maximum atomic E-state index is 12.4. The molecule has 1 aliphatic heterocycles. The van der Waals surface area contributed by atoms with Crippen molar-refractivity contribution in [2.75, 3.05) is 0 Å². The van der Waals surface area contributed by atoms with Crippen LogP contribution in [0.2, 0.25) is 0 Å². The summed E-state index contributed by atoms with van der Waals surface area (Å²) in [4.78, 5) is 3.36. The fourth-order valence-electron chi connectivity index (χ4n) is 6.54. The van der Waals surface area contributed by atoms with E-state index in [2.05, 4.69) is 87.8 Å². The van der Waals surface area contributed by atoms with Crippen molar-refractivity contribution >= 4 is 10.9 Å². The average Bonchev–Trinajstić information content (AvgIpc) is 3.71. The molecule has 242 valence electrons. The van der Waals surface area contributed by atoms with E-state index in [1.165, 1.54) is 66.4 Å². The fraction of sp³-hybridized carbons (Fsp3) is 0.538. The Labute approximate surface area is 264 Å². The molecule has 2 nitrogen and oxygen atoms in total. The zero-order chi connectivity index (χ0) is 32.4. The van der Waals surface area contributed by atoms with Gasteiger partial charge in [0.25, 0.3) is 0 Å². The predicted molar refractivity (Wildman–Crippen MR) is 182 cm³/mol. The number of aryl methyl sites for hydroxylation is 3. The highest BCUT2D eigenvalue weighted by Gasteiger charge is 2.32. The van der Waals surface area contributed by atoms with Crippen molar-refractivity contribution in [3.8, 4) is 0 Å². The van der Waals surface area contributed by atoms with Crippen molar-refractivity contribution in [3.63, 3.8) is 0 Å². The van der Waals surface area contributed by atoms with Crippen LogP contribution in [0.5, 0.6) is 0 Å². The van der Waals surface area contributed by atoms with Crippen molar-refractivity contribution in [1.29, 1.82) is 0 Å². The van der Waals surface area contributed by atoms with Crippen LogP contribution < -0.4 is 0 Å². The second kappa shape index (κ2) is 16.4. The monoisotopic (exact) mass is 608 g/mol. The van der Waals surface area contributed by atoms with Crippen LogP contribution in [0.3, 0.4) is 0 Å². The molecular formula is C39H55F3N2. The van der Waals surface area contributed by atoms with Gasteiger partial charge < -0.3 is 9.55 Å². The summed E-state index contributed by atoms with van der Waals surface area (Å²) in [7, 11) is 0. The fourth-order valence-corrected chi connectivity index (χ4v) is 6.54. The van der Waals surface area contributed by atoms with E-state index in [-0.39, 0.29) is 0 Å². The van der Waals surface area contributed by atoms with E-state index in [0.29, 0.717) is 5.92 Å². The molecule has 0 saturated heterocycles. The molecule has 2 aromatic heterocycles. The quantitative estimate of drug-likeness (QED) is 0.233. The largest absolute Gasteiger partial charge is 0.416 e. The van der Waals surface area contributed by atoms with Crippen LogP contribution in [-0.2, 0) is 38.4 Å². The van der Waals surface area contributed by atoms with Gasteiger partial charge in [0.2, 0.25) is 0 Å². The van der Waals surface area contributed by atoms with Crippen LogP contribution in [-0.4, -0.2) is 9.55 Å². The third-order valence-corrected chi connectivity index (χ3v) is 8.67. The first-order valence-corrected chi connectivity index (χ1v) is 16.9. The number of aromatic nitrogens is 2. The van der Waals surface area contributed by atoms with E-state index in [9.17, 15) is 13.2 Å². The molecule has 6 rings (SSSR count). The van der Waals surface area contributed by atoms with Crippen LogP contribution in [0.1, 0.15) is 119 Å². The van der Waals surface area contributed by atoms with Gasteiger partial charge in [-0.1, -0.05) is 72.7 Å². The smallest absolute Gasteiger partial charge is 0.361 e. The van der Waals surface area contributed by atoms with Crippen LogP contribution in [0.4, 0.5) is 13.2 Å². The van der Waals surface area contributed by atoms with Crippen LogP contribution in [0.25, 0.3) is 10.9 Å². The van der Waals surface area contributed by atoms with Crippen LogP contribution in [0.15, 0.2) is 54.9 Å². The number of hydrogen-bond donors (Lipinski definition) is 1. The molecule has 0 spiro atoms. The molecule has 5 heteroatoms. The highest BCUT2D eigenvalue weighted by Crippen LogP contribution is 2.39. The number of fused-ring (bicyclic) bond motifs is 3. The number of hydrogen-bond acceptors (Lipinski definition) is 0. The van der Waals surface area contributed by atoms with Gasteiger partial charge in [-0.15, -0.1) is 0 Å². The lowest BCUT2D eigenvalue weighted by Crippen LogP contribution is -2.10. The van der Waals surface area contributed by atoms with Crippen molar-refractivity contribution in [1.82, 2.24) is 9.55 Å². The van der Waals surface area contributed by atoms with E-state index < -0.39 is 11.7 Å². The molecular weight excluding hydrogens is 553 g/mol. The Balaban J connectivity index is 0.000000176. The second-order valence-corrected chi connectivity index (χ2v) is 13.0. The number of nitrogens with one attached hydrogen (secondary N) is 1. The van der Waals surface area contributed by atoms with E-state index in [0.717, 1.165) is 48.6 Å². The molecule has 1 unspecified atom stereocenters. The van der Waals surface area contributed by atoms with E-state index in [1.54, 1.807) is 17.3 Å². The Morgan fingerprint density at radius 2 is 1.61 bits per heavy atom. The number of rotatable bonds is 5. The first-order chi connectivity index (χ1) is 21.0. The van der Waals surface area contributed by atoms with Gasteiger partial charge in [-0.25, -0.2) is 0 Å².